The van der Waals surface area contributed by atoms with Crippen LogP contribution in [0.25, 0.3) is 0 Å². The number of para-hydroxylation sites is 1. The minimum atomic E-state index is -1.03. The molecule has 0 spiro atoms. The van der Waals surface area contributed by atoms with Crippen LogP contribution < -0.4 is 0 Å². The lowest BCUT2D eigenvalue weighted by atomic mass is 9.79. The van der Waals surface area contributed by atoms with Crippen molar-refractivity contribution < 1.29 is 19.1 Å². The molecule has 1 unspecified atom stereocenters. The lowest BCUT2D eigenvalue weighted by molar-refractivity contribution is -0.154. The Balaban J connectivity index is 2.27. The van der Waals surface area contributed by atoms with Gasteiger partial charge in [-0.25, -0.2) is 4.99 Å². The zero-order valence-corrected chi connectivity index (χ0v) is 17.3. The van der Waals surface area contributed by atoms with E-state index >= 15 is 0 Å². The second kappa shape index (κ2) is 8.57. The molecule has 0 amide bonds. The molecule has 1 atom stereocenters. The quantitative estimate of drug-likeness (QED) is 0.722. The predicted molar refractivity (Wildman–Crippen MR) is 111 cm³/mol. The Morgan fingerprint density at radius 2 is 1.62 bits per heavy atom. The number of aliphatic imine (C=N–C) groups is 1. The molecule has 0 saturated heterocycles. The van der Waals surface area contributed by atoms with Crippen LogP contribution in [0.4, 0.5) is 5.69 Å². The van der Waals surface area contributed by atoms with Crippen molar-refractivity contribution in [1.29, 1.82) is 0 Å². The molecule has 2 aromatic carbocycles. The molecule has 0 bridgehead atoms. The number of fused-ring (bicyclic) bond motifs is 2. The van der Waals surface area contributed by atoms with Crippen molar-refractivity contribution in [2.24, 2.45) is 4.99 Å². The first kappa shape index (κ1) is 20.7. The summed E-state index contributed by atoms with van der Waals surface area (Å²) in [6.45, 7) is 3.60. The van der Waals surface area contributed by atoms with E-state index in [1.165, 1.54) is 13.8 Å². The molecule has 0 fully saturated rings. The normalized spacial score (nSPS) is 17.6. The molecule has 1 heterocycles. The number of ether oxygens (including phenoxy) is 2. The maximum absolute atomic E-state index is 12.2. The monoisotopic (exact) mass is 394 g/mol. The van der Waals surface area contributed by atoms with Crippen LogP contribution in [-0.2, 0) is 24.7 Å². The van der Waals surface area contributed by atoms with Crippen LogP contribution in [0, 0.1) is 0 Å². The smallest absolute Gasteiger partial charge is 0.309 e. The maximum atomic E-state index is 12.2. The molecule has 1 aliphatic rings. The van der Waals surface area contributed by atoms with Gasteiger partial charge in [-0.2, -0.15) is 0 Å². The summed E-state index contributed by atoms with van der Waals surface area (Å²) in [4.78, 5) is 30.7. The van der Waals surface area contributed by atoms with Crippen molar-refractivity contribution >= 4 is 23.5 Å². The van der Waals surface area contributed by atoms with Crippen molar-refractivity contribution in [3.63, 3.8) is 0 Å². The fourth-order valence-electron chi connectivity index (χ4n) is 3.78. The van der Waals surface area contributed by atoms with Gasteiger partial charge in [-0.3, -0.25) is 9.59 Å². The Bertz CT molecular complexity index is 951. The van der Waals surface area contributed by atoms with Gasteiger partial charge in [0, 0.05) is 30.5 Å². The highest BCUT2D eigenvalue weighted by molar-refractivity contribution is 6.03. The molecule has 6 heteroatoms. The summed E-state index contributed by atoms with van der Waals surface area (Å²) in [5.74, 6) is -0.624. The third-order valence-corrected chi connectivity index (χ3v) is 4.85. The van der Waals surface area contributed by atoms with E-state index in [-0.39, 0.29) is 11.9 Å². The highest BCUT2D eigenvalue weighted by Crippen LogP contribution is 2.46. The number of nitrogens with zero attached hydrogens (tertiary/aromatic N) is 2. The van der Waals surface area contributed by atoms with E-state index in [0.29, 0.717) is 17.7 Å². The van der Waals surface area contributed by atoms with Crippen molar-refractivity contribution in [3.05, 3.63) is 65.2 Å². The number of benzene rings is 2. The van der Waals surface area contributed by atoms with Gasteiger partial charge in [0.1, 0.15) is 0 Å². The molecule has 1 aliphatic heterocycles. The van der Waals surface area contributed by atoms with Gasteiger partial charge in [-0.05, 0) is 45.6 Å². The summed E-state index contributed by atoms with van der Waals surface area (Å²) >= 11 is 0. The van der Waals surface area contributed by atoms with Gasteiger partial charge in [0.25, 0.3) is 0 Å². The lowest BCUT2D eigenvalue weighted by Gasteiger charge is -2.35. The second-order valence-corrected chi connectivity index (χ2v) is 7.40. The van der Waals surface area contributed by atoms with Crippen LogP contribution in [0.15, 0.2) is 53.5 Å². The number of rotatable bonds is 5. The molecular formula is C23H26N2O4. The average Bonchev–Trinajstić information content (AvgIpc) is 2.75. The zero-order valence-electron chi connectivity index (χ0n) is 17.3. The number of carbonyl (C=O) groups excluding carboxylic acids is 2. The maximum Gasteiger partial charge on any atom is 0.309 e. The first-order valence-corrected chi connectivity index (χ1v) is 9.64. The first-order chi connectivity index (χ1) is 13.8. The molecule has 6 nitrogen and oxygen atoms in total. The van der Waals surface area contributed by atoms with Gasteiger partial charge in [-0.15, -0.1) is 0 Å². The van der Waals surface area contributed by atoms with Crippen LogP contribution in [0.2, 0.25) is 0 Å². The molecule has 0 aliphatic carbocycles. The summed E-state index contributed by atoms with van der Waals surface area (Å²) < 4.78 is 11.5. The topological polar surface area (TPSA) is 68.2 Å². The zero-order chi connectivity index (χ0) is 21.0. The van der Waals surface area contributed by atoms with E-state index in [4.69, 9.17) is 9.47 Å². The summed E-state index contributed by atoms with van der Waals surface area (Å²) in [6, 6.07) is 15.0. The minimum Gasteiger partial charge on any atom is -0.449 e. The van der Waals surface area contributed by atoms with Gasteiger partial charge in [0.15, 0.2) is 5.60 Å². The Morgan fingerprint density at radius 3 is 2.28 bits per heavy atom. The third kappa shape index (κ3) is 4.38. The fourth-order valence-corrected chi connectivity index (χ4v) is 3.78. The summed E-state index contributed by atoms with van der Waals surface area (Å²) in [7, 11) is 4.02. The molecule has 0 aromatic heterocycles. The van der Waals surface area contributed by atoms with E-state index < -0.39 is 11.6 Å². The number of esters is 2. The summed E-state index contributed by atoms with van der Waals surface area (Å²) in [6.07, 6.45) is 1.37. The van der Waals surface area contributed by atoms with Crippen LogP contribution in [-0.4, -0.2) is 43.4 Å². The molecule has 0 saturated carbocycles. The van der Waals surface area contributed by atoms with E-state index in [1.54, 1.807) is 0 Å². The molecule has 0 radical (unpaired) electrons. The highest BCUT2D eigenvalue weighted by atomic mass is 16.6. The average molecular weight is 394 g/mol. The fraction of sp³-hybridized carbons (Fsp3) is 0.348. The van der Waals surface area contributed by atoms with E-state index in [9.17, 15) is 9.59 Å². The van der Waals surface area contributed by atoms with Crippen molar-refractivity contribution in [3.8, 4) is 0 Å². The van der Waals surface area contributed by atoms with E-state index in [0.717, 1.165) is 24.1 Å². The molecular weight excluding hydrogens is 368 g/mol. The molecule has 3 rings (SSSR count). The van der Waals surface area contributed by atoms with Crippen molar-refractivity contribution in [2.45, 2.75) is 32.3 Å². The largest absolute Gasteiger partial charge is 0.449 e. The molecule has 0 N–H and O–H groups in total. The van der Waals surface area contributed by atoms with Gasteiger partial charge in [0.2, 0.25) is 5.90 Å². The predicted octanol–water partition coefficient (Wildman–Crippen LogP) is 3.79. The van der Waals surface area contributed by atoms with Crippen LogP contribution >= 0.6 is 0 Å². The Morgan fingerprint density at radius 1 is 0.966 bits per heavy atom. The molecule has 2 aromatic rings. The SMILES string of the molecule is CC(=O)OC1=Nc2ccccc2C(CCCN(C)C)(OC(C)=O)c2ccccc21. The minimum absolute atomic E-state index is 0.210. The van der Waals surface area contributed by atoms with E-state index in [1.807, 2.05) is 62.6 Å². The Hall–Kier alpha value is -2.99. The molecule has 29 heavy (non-hydrogen) atoms. The molecule has 152 valence electrons. The summed E-state index contributed by atoms with van der Waals surface area (Å²) in [5, 5.41) is 0. The Labute approximate surface area is 171 Å². The van der Waals surface area contributed by atoms with Gasteiger partial charge >= 0.3 is 11.9 Å². The Kier molecular flexibility index (Phi) is 6.13. The van der Waals surface area contributed by atoms with Gasteiger partial charge in [-0.1, -0.05) is 36.4 Å². The van der Waals surface area contributed by atoms with E-state index in [2.05, 4.69) is 9.89 Å². The summed E-state index contributed by atoms with van der Waals surface area (Å²) in [5.41, 5.74) is 1.78. The third-order valence-electron chi connectivity index (χ3n) is 4.85. The van der Waals surface area contributed by atoms with Gasteiger partial charge < -0.3 is 14.4 Å². The number of hydrogen-bond donors (Lipinski definition) is 0. The number of hydrogen-bond acceptors (Lipinski definition) is 6. The highest BCUT2D eigenvalue weighted by Gasteiger charge is 2.43. The first-order valence-electron chi connectivity index (χ1n) is 9.64. The van der Waals surface area contributed by atoms with Crippen LogP contribution in [0.1, 0.15) is 43.4 Å². The van der Waals surface area contributed by atoms with Crippen molar-refractivity contribution in [1.82, 2.24) is 4.90 Å². The lowest BCUT2D eigenvalue weighted by Crippen LogP contribution is -2.35. The van der Waals surface area contributed by atoms with Gasteiger partial charge in [0.05, 0.1) is 5.69 Å². The second-order valence-electron chi connectivity index (χ2n) is 7.40. The van der Waals surface area contributed by atoms with Crippen molar-refractivity contribution in [2.75, 3.05) is 20.6 Å². The van der Waals surface area contributed by atoms with Crippen LogP contribution in [0.3, 0.4) is 0 Å². The standard InChI is InChI=1S/C23H26N2O4/c1-16(26)28-22-18-10-5-6-11-19(18)23(29-17(2)27,14-9-15-25(3)4)20-12-7-8-13-21(20)24-22/h5-8,10-13H,9,14-15H2,1-4H3. The van der Waals surface area contributed by atoms with Crippen LogP contribution in [0.5, 0.6) is 0 Å². The number of carbonyl (C=O) groups is 2.